The smallest absolute Gasteiger partial charge is 0.305 e. The minimum atomic E-state index is -0.240. The maximum atomic E-state index is 12.0. The lowest BCUT2D eigenvalue weighted by Gasteiger charge is -2.05. The zero-order valence-corrected chi connectivity index (χ0v) is 13.2. The van der Waals surface area contributed by atoms with Crippen molar-refractivity contribution in [3.8, 4) is 0 Å². The lowest BCUT2D eigenvalue weighted by atomic mass is 10.0. The van der Waals surface area contributed by atoms with Crippen molar-refractivity contribution < 1.29 is 19.1 Å². The molecule has 0 spiro atoms. The van der Waals surface area contributed by atoms with E-state index in [0.29, 0.717) is 37.8 Å². The van der Waals surface area contributed by atoms with Crippen molar-refractivity contribution in [3.63, 3.8) is 0 Å². The van der Waals surface area contributed by atoms with Crippen molar-refractivity contribution in [1.29, 1.82) is 0 Å². The van der Waals surface area contributed by atoms with E-state index in [-0.39, 0.29) is 17.7 Å². The summed E-state index contributed by atoms with van der Waals surface area (Å²) in [7, 11) is 1.36. The lowest BCUT2D eigenvalue weighted by Crippen LogP contribution is -2.22. The highest BCUT2D eigenvalue weighted by Crippen LogP contribution is 2.10. The number of ether oxygens (including phenoxy) is 1. The van der Waals surface area contributed by atoms with Crippen LogP contribution in [0.4, 0.5) is 0 Å². The molecule has 0 saturated carbocycles. The zero-order chi connectivity index (χ0) is 16.4. The number of benzene rings is 1. The minimum Gasteiger partial charge on any atom is -0.469 e. The molecule has 0 atom stereocenters. The second-order valence-electron chi connectivity index (χ2n) is 5.14. The molecular weight excluding hydrogens is 282 g/mol. The molecule has 0 unspecified atom stereocenters. The number of esters is 1. The molecule has 1 aromatic rings. The fourth-order valence-corrected chi connectivity index (χ4v) is 2.04. The predicted octanol–water partition coefficient (Wildman–Crippen LogP) is 2.28. The molecule has 5 nitrogen and oxygen atoms in total. The van der Waals surface area contributed by atoms with Crippen LogP contribution in [0.2, 0.25) is 0 Å². The Hall–Kier alpha value is -2.17. The van der Waals surface area contributed by atoms with E-state index in [1.54, 1.807) is 0 Å². The number of carbonyl (C=O) groups excluding carboxylic acids is 3. The zero-order valence-electron chi connectivity index (χ0n) is 13.2. The van der Waals surface area contributed by atoms with Crippen LogP contribution in [0, 0.1) is 0 Å². The van der Waals surface area contributed by atoms with Crippen LogP contribution in [-0.2, 0) is 20.7 Å². The van der Waals surface area contributed by atoms with Gasteiger partial charge in [0.05, 0.1) is 7.11 Å². The van der Waals surface area contributed by atoms with E-state index in [1.807, 2.05) is 24.3 Å². The highest BCUT2D eigenvalue weighted by Gasteiger charge is 2.07. The number of methoxy groups -OCH3 is 1. The summed E-state index contributed by atoms with van der Waals surface area (Å²) in [4.78, 5) is 33.7. The molecule has 0 radical (unpaired) electrons. The number of hydrogen-bond donors (Lipinski definition) is 1. The molecule has 0 saturated heterocycles. The standard InChI is InChI=1S/C17H23NO4/c1-13(19)18-12-11-14-7-9-15(10-8-14)16(20)5-3-4-6-17(21)22-2/h7-10H,3-6,11-12H2,1-2H3,(H,18,19). The average molecular weight is 305 g/mol. The van der Waals surface area contributed by atoms with E-state index in [0.717, 1.165) is 12.0 Å². The summed E-state index contributed by atoms with van der Waals surface area (Å²) < 4.78 is 4.55. The number of ketones is 1. The fraction of sp³-hybridized carbons (Fsp3) is 0.471. The molecule has 22 heavy (non-hydrogen) atoms. The topological polar surface area (TPSA) is 72.5 Å². The first-order valence-electron chi connectivity index (χ1n) is 7.46. The van der Waals surface area contributed by atoms with Crippen molar-refractivity contribution in [1.82, 2.24) is 5.32 Å². The molecule has 0 aromatic heterocycles. The van der Waals surface area contributed by atoms with Crippen molar-refractivity contribution in [2.24, 2.45) is 0 Å². The van der Waals surface area contributed by atoms with Gasteiger partial charge in [-0.2, -0.15) is 0 Å². The molecule has 1 amide bonds. The quantitative estimate of drug-likeness (QED) is 0.431. The van der Waals surface area contributed by atoms with Crippen LogP contribution in [0.5, 0.6) is 0 Å². The van der Waals surface area contributed by atoms with Gasteiger partial charge in [-0.1, -0.05) is 24.3 Å². The van der Waals surface area contributed by atoms with Crippen LogP contribution >= 0.6 is 0 Å². The van der Waals surface area contributed by atoms with E-state index in [2.05, 4.69) is 10.1 Å². The van der Waals surface area contributed by atoms with Crippen LogP contribution in [-0.4, -0.2) is 31.3 Å². The highest BCUT2D eigenvalue weighted by molar-refractivity contribution is 5.96. The Morgan fingerprint density at radius 1 is 1.05 bits per heavy atom. The van der Waals surface area contributed by atoms with Crippen molar-refractivity contribution in [2.45, 2.75) is 39.0 Å². The Kier molecular flexibility index (Phi) is 7.89. The second kappa shape index (κ2) is 9.71. The molecule has 120 valence electrons. The Labute approximate surface area is 131 Å². The molecule has 0 heterocycles. The highest BCUT2D eigenvalue weighted by atomic mass is 16.5. The number of nitrogens with one attached hydrogen (secondary N) is 1. The molecule has 0 bridgehead atoms. The largest absolute Gasteiger partial charge is 0.469 e. The summed E-state index contributed by atoms with van der Waals surface area (Å²) in [5.74, 6) is -0.201. The van der Waals surface area contributed by atoms with Gasteiger partial charge in [-0.25, -0.2) is 0 Å². The summed E-state index contributed by atoms with van der Waals surface area (Å²) in [6, 6.07) is 7.43. The fourth-order valence-electron chi connectivity index (χ4n) is 2.04. The molecule has 1 rings (SSSR count). The lowest BCUT2D eigenvalue weighted by molar-refractivity contribution is -0.140. The van der Waals surface area contributed by atoms with E-state index in [1.165, 1.54) is 14.0 Å². The predicted molar refractivity (Wildman–Crippen MR) is 83.6 cm³/mol. The normalized spacial score (nSPS) is 10.1. The maximum absolute atomic E-state index is 12.0. The Bertz CT molecular complexity index is 508. The Balaban J connectivity index is 2.34. The molecule has 1 N–H and O–H groups in total. The van der Waals surface area contributed by atoms with Gasteiger partial charge >= 0.3 is 5.97 Å². The summed E-state index contributed by atoms with van der Waals surface area (Å²) in [5.41, 5.74) is 1.76. The number of amides is 1. The number of unbranched alkanes of at least 4 members (excludes halogenated alkanes) is 1. The van der Waals surface area contributed by atoms with Gasteiger partial charge in [-0.15, -0.1) is 0 Å². The van der Waals surface area contributed by atoms with Crippen LogP contribution in [0.1, 0.15) is 48.5 Å². The second-order valence-corrected chi connectivity index (χ2v) is 5.14. The van der Waals surface area contributed by atoms with Crippen LogP contribution in [0.25, 0.3) is 0 Å². The van der Waals surface area contributed by atoms with Gasteiger partial charge < -0.3 is 10.1 Å². The monoisotopic (exact) mass is 305 g/mol. The minimum absolute atomic E-state index is 0.0428. The molecular formula is C17H23NO4. The maximum Gasteiger partial charge on any atom is 0.305 e. The first-order chi connectivity index (χ1) is 10.5. The summed E-state index contributed by atoms with van der Waals surface area (Å²) in [6.07, 6.45) is 2.87. The SMILES string of the molecule is COC(=O)CCCCC(=O)c1ccc(CCNC(C)=O)cc1. The van der Waals surface area contributed by atoms with E-state index >= 15 is 0 Å². The summed E-state index contributed by atoms with van der Waals surface area (Å²) in [5, 5.41) is 2.74. The third-order valence-corrected chi connectivity index (χ3v) is 3.33. The third-order valence-electron chi connectivity index (χ3n) is 3.33. The average Bonchev–Trinajstić information content (AvgIpc) is 2.51. The van der Waals surface area contributed by atoms with Gasteiger partial charge in [0, 0.05) is 31.9 Å². The third kappa shape index (κ3) is 7.02. The van der Waals surface area contributed by atoms with Gasteiger partial charge in [-0.05, 0) is 24.8 Å². The Morgan fingerprint density at radius 3 is 2.27 bits per heavy atom. The molecule has 1 aromatic carbocycles. The number of carbonyl (C=O) groups is 3. The van der Waals surface area contributed by atoms with Crippen LogP contribution in [0.15, 0.2) is 24.3 Å². The molecule has 0 aliphatic heterocycles. The van der Waals surface area contributed by atoms with Crippen molar-refractivity contribution in [2.75, 3.05) is 13.7 Å². The van der Waals surface area contributed by atoms with E-state index in [4.69, 9.17) is 0 Å². The molecule has 5 heteroatoms. The van der Waals surface area contributed by atoms with Crippen molar-refractivity contribution >= 4 is 17.7 Å². The first kappa shape index (κ1) is 17.9. The van der Waals surface area contributed by atoms with Gasteiger partial charge in [0.25, 0.3) is 0 Å². The van der Waals surface area contributed by atoms with E-state index in [9.17, 15) is 14.4 Å². The number of hydrogen-bond acceptors (Lipinski definition) is 4. The van der Waals surface area contributed by atoms with Crippen LogP contribution in [0.3, 0.4) is 0 Å². The molecule has 0 aliphatic rings. The molecule has 0 aliphatic carbocycles. The van der Waals surface area contributed by atoms with Crippen LogP contribution < -0.4 is 5.32 Å². The van der Waals surface area contributed by atoms with Gasteiger partial charge in [-0.3, -0.25) is 14.4 Å². The van der Waals surface area contributed by atoms with Gasteiger partial charge in [0.1, 0.15) is 0 Å². The Morgan fingerprint density at radius 2 is 1.68 bits per heavy atom. The number of rotatable bonds is 9. The molecule has 0 fully saturated rings. The van der Waals surface area contributed by atoms with Gasteiger partial charge in [0.2, 0.25) is 5.91 Å². The van der Waals surface area contributed by atoms with Crippen molar-refractivity contribution in [3.05, 3.63) is 35.4 Å². The summed E-state index contributed by atoms with van der Waals surface area (Å²) >= 11 is 0. The van der Waals surface area contributed by atoms with Gasteiger partial charge in [0.15, 0.2) is 5.78 Å². The summed E-state index contributed by atoms with van der Waals surface area (Å²) in [6.45, 7) is 2.08. The van der Waals surface area contributed by atoms with E-state index < -0.39 is 0 Å². The number of Topliss-reactive ketones (excluding diaryl/α,β-unsaturated/α-hetero) is 1. The first-order valence-corrected chi connectivity index (χ1v) is 7.46.